The number of hydrogen-bond acceptors (Lipinski definition) is 3. The first-order chi connectivity index (χ1) is 8.56. The molecule has 3 N–H and O–H groups in total. The van der Waals surface area contributed by atoms with Gasteiger partial charge in [0.1, 0.15) is 6.04 Å². The maximum atomic E-state index is 10.7. The first kappa shape index (κ1) is 12.8. The molecule has 4 aliphatic carbocycles. The van der Waals surface area contributed by atoms with Gasteiger partial charge in [0.05, 0.1) is 0 Å². The van der Waals surface area contributed by atoms with Crippen molar-refractivity contribution in [3.8, 4) is 0 Å². The molecular weight excluding hydrogens is 246 g/mol. The van der Waals surface area contributed by atoms with Crippen molar-refractivity contribution in [1.82, 2.24) is 0 Å². The van der Waals surface area contributed by atoms with Crippen molar-refractivity contribution >= 4 is 17.7 Å². The summed E-state index contributed by atoms with van der Waals surface area (Å²) in [6.45, 7) is 0. The fourth-order valence-corrected chi connectivity index (χ4v) is 6.24. The van der Waals surface area contributed by atoms with Crippen molar-refractivity contribution in [2.75, 3.05) is 11.5 Å². The van der Waals surface area contributed by atoms with Crippen LogP contribution in [-0.4, -0.2) is 28.6 Å². The summed E-state index contributed by atoms with van der Waals surface area (Å²) in [5.74, 6) is 3.77. The number of rotatable bonds is 5. The number of carboxylic acids is 1. The van der Waals surface area contributed by atoms with E-state index in [1.807, 2.05) is 0 Å². The Morgan fingerprint density at radius 2 is 1.72 bits per heavy atom. The van der Waals surface area contributed by atoms with Crippen LogP contribution >= 0.6 is 11.8 Å². The molecule has 1 unspecified atom stereocenters. The molecule has 0 aromatic rings. The van der Waals surface area contributed by atoms with Gasteiger partial charge in [-0.2, -0.15) is 11.8 Å². The summed E-state index contributed by atoms with van der Waals surface area (Å²) in [6.07, 6.45) is 8.60. The molecule has 4 rings (SSSR count). The van der Waals surface area contributed by atoms with Gasteiger partial charge in [0.2, 0.25) is 0 Å². The van der Waals surface area contributed by atoms with E-state index < -0.39 is 12.0 Å². The van der Waals surface area contributed by atoms with Crippen molar-refractivity contribution in [2.45, 2.75) is 44.6 Å². The molecule has 0 saturated heterocycles. The Balaban J connectivity index is 1.54. The van der Waals surface area contributed by atoms with E-state index in [-0.39, 0.29) is 0 Å². The normalized spacial score (nSPS) is 43.1. The molecule has 0 aromatic carbocycles. The van der Waals surface area contributed by atoms with Crippen molar-refractivity contribution in [1.29, 1.82) is 0 Å². The van der Waals surface area contributed by atoms with E-state index in [1.54, 1.807) is 11.8 Å². The van der Waals surface area contributed by atoms with E-state index in [0.29, 0.717) is 11.2 Å². The second kappa shape index (κ2) is 4.71. The van der Waals surface area contributed by atoms with E-state index in [2.05, 4.69) is 0 Å². The summed E-state index contributed by atoms with van der Waals surface area (Å²) in [7, 11) is 0. The highest BCUT2D eigenvalue weighted by atomic mass is 32.2. The van der Waals surface area contributed by atoms with Crippen LogP contribution in [0.25, 0.3) is 0 Å². The van der Waals surface area contributed by atoms with Gasteiger partial charge >= 0.3 is 5.97 Å². The van der Waals surface area contributed by atoms with E-state index in [1.165, 1.54) is 38.5 Å². The van der Waals surface area contributed by atoms with Gasteiger partial charge in [0.25, 0.3) is 0 Å². The third-order valence-corrected chi connectivity index (χ3v) is 6.60. The van der Waals surface area contributed by atoms with Gasteiger partial charge in [-0.3, -0.25) is 4.79 Å². The number of carboxylic acid groups (broad SMARTS) is 1. The monoisotopic (exact) mass is 269 g/mol. The maximum absolute atomic E-state index is 10.7. The van der Waals surface area contributed by atoms with Gasteiger partial charge in [-0.15, -0.1) is 0 Å². The molecule has 4 fully saturated rings. The molecule has 18 heavy (non-hydrogen) atoms. The summed E-state index contributed by atoms with van der Waals surface area (Å²) in [6, 6.07) is -0.691. The Labute approximate surface area is 113 Å². The Morgan fingerprint density at radius 1 is 1.22 bits per heavy atom. The first-order valence-electron chi connectivity index (χ1n) is 7.12. The third-order valence-electron chi connectivity index (χ3n) is 5.19. The number of hydrogen-bond donors (Lipinski definition) is 2. The first-order valence-corrected chi connectivity index (χ1v) is 8.28. The zero-order chi connectivity index (χ0) is 12.8. The number of carbonyl (C=O) groups is 1. The van der Waals surface area contributed by atoms with Crippen molar-refractivity contribution in [2.24, 2.45) is 28.9 Å². The minimum atomic E-state index is -0.868. The van der Waals surface area contributed by atoms with Crippen LogP contribution in [0.5, 0.6) is 0 Å². The fourth-order valence-electron chi connectivity index (χ4n) is 4.94. The second-order valence-electron chi connectivity index (χ2n) is 6.88. The minimum Gasteiger partial charge on any atom is -0.480 e. The average molecular weight is 269 g/mol. The molecule has 1 atom stereocenters. The molecule has 102 valence electrons. The van der Waals surface area contributed by atoms with Crippen molar-refractivity contribution < 1.29 is 9.90 Å². The molecule has 0 amide bonds. The minimum absolute atomic E-state index is 0.539. The van der Waals surface area contributed by atoms with E-state index in [9.17, 15) is 4.79 Å². The summed E-state index contributed by atoms with van der Waals surface area (Å²) in [4.78, 5) is 10.7. The molecule has 0 spiro atoms. The van der Waals surface area contributed by atoms with E-state index >= 15 is 0 Å². The number of aliphatic carboxylic acids is 1. The van der Waals surface area contributed by atoms with Crippen LogP contribution in [0, 0.1) is 23.2 Å². The smallest absolute Gasteiger partial charge is 0.321 e. The van der Waals surface area contributed by atoms with Gasteiger partial charge in [0.15, 0.2) is 0 Å². The van der Waals surface area contributed by atoms with Crippen molar-refractivity contribution in [3.05, 3.63) is 0 Å². The fraction of sp³-hybridized carbons (Fsp3) is 0.929. The second-order valence-corrected chi connectivity index (χ2v) is 7.91. The molecule has 0 radical (unpaired) electrons. The predicted octanol–water partition coefficient (Wildman–Crippen LogP) is 2.35. The lowest BCUT2D eigenvalue weighted by atomic mass is 9.50. The summed E-state index contributed by atoms with van der Waals surface area (Å²) in [5.41, 5.74) is 6.11. The Morgan fingerprint density at radius 3 is 2.17 bits per heavy atom. The van der Waals surface area contributed by atoms with Crippen molar-refractivity contribution in [3.63, 3.8) is 0 Å². The Kier molecular flexibility index (Phi) is 3.35. The molecule has 4 heteroatoms. The summed E-state index contributed by atoms with van der Waals surface area (Å²) < 4.78 is 0. The zero-order valence-electron chi connectivity index (χ0n) is 10.8. The van der Waals surface area contributed by atoms with Crippen LogP contribution in [0.4, 0.5) is 0 Å². The Hall–Kier alpha value is -0.220. The molecule has 0 aromatic heterocycles. The quantitative estimate of drug-likeness (QED) is 0.804. The lowest BCUT2D eigenvalue weighted by Crippen LogP contribution is -2.47. The van der Waals surface area contributed by atoms with E-state index in [0.717, 1.165) is 23.5 Å². The highest BCUT2D eigenvalue weighted by molar-refractivity contribution is 7.99. The molecule has 0 heterocycles. The van der Waals surface area contributed by atoms with Gasteiger partial charge in [-0.05, 0) is 67.4 Å². The molecular formula is C14H23NO2S. The average Bonchev–Trinajstić information content (AvgIpc) is 2.26. The zero-order valence-corrected chi connectivity index (χ0v) is 11.6. The topological polar surface area (TPSA) is 63.3 Å². The van der Waals surface area contributed by atoms with Gasteiger partial charge in [-0.1, -0.05) is 0 Å². The predicted molar refractivity (Wildman–Crippen MR) is 73.5 cm³/mol. The van der Waals surface area contributed by atoms with Crippen LogP contribution in [0.1, 0.15) is 38.5 Å². The highest BCUT2D eigenvalue weighted by Gasteiger charge is 2.50. The third kappa shape index (κ3) is 2.42. The number of thioether (sulfide) groups is 1. The lowest BCUT2D eigenvalue weighted by molar-refractivity contribution is -0.137. The molecule has 3 nitrogen and oxygen atoms in total. The van der Waals surface area contributed by atoms with Gasteiger partial charge in [-0.25, -0.2) is 0 Å². The SMILES string of the molecule is NC(CSCC12CC3CC(CC(C3)C1)C2)C(=O)O. The Bertz CT molecular complexity index is 309. The van der Waals surface area contributed by atoms with Crippen LogP contribution in [0.3, 0.4) is 0 Å². The van der Waals surface area contributed by atoms with Crippen LogP contribution < -0.4 is 5.73 Å². The summed E-state index contributed by atoms with van der Waals surface area (Å²) >= 11 is 1.77. The van der Waals surface area contributed by atoms with Crippen LogP contribution in [0.15, 0.2) is 0 Å². The summed E-state index contributed by atoms with van der Waals surface area (Å²) in [5, 5.41) is 8.80. The van der Waals surface area contributed by atoms with E-state index in [4.69, 9.17) is 10.8 Å². The maximum Gasteiger partial charge on any atom is 0.321 e. The largest absolute Gasteiger partial charge is 0.480 e. The van der Waals surface area contributed by atoms with Gasteiger partial charge in [0, 0.05) is 5.75 Å². The molecule has 4 aliphatic rings. The van der Waals surface area contributed by atoms with Crippen LogP contribution in [0.2, 0.25) is 0 Å². The molecule has 4 bridgehead atoms. The van der Waals surface area contributed by atoms with Crippen LogP contribution in [-0.2, 0) is 4.79 Å². The standard InChI is InChI=1S/C14H23NO2S/c15-12(13(16)17)7-18-8-14-4-9-1-10(5-14)3-11(2-9)6-14/h9-12H,1-8,15H2,(H,16,17). The molecule has 4 saturated carbocycles. The molecule has 0 aliphatic heterocycles. The number of nitrogens with two attached hydrogens (primary N) is 1. The highest BCUT2D eigenvalue weighted by Crippen LogP contribution is 2.60. The van der Waals surface area contributed by atoms with Gasteiger partial charge < -0.3 is 10.8 Å². The lowest BCUT2D eigenvalue weighted by Gasteiger charge is -2.57.